The topological polar surface area (TPSA) is 7.76 Å². The first-order valence-corrected chi connectivity index (χ1v) is 17.0. The van der Waals surface area contributed by atoms with Crippen molar-refractivity contribution in [1.82, 2.24) is 0 Å². The fourth-order valence-corrected chi connectivity index (χ4v) is 6.26. The monoisotopic (exact) mass is 688 g/mol. The Labute approximate surface area is 265 Å². The lowest BCUT2D eigenvalue weighted by molar-refractivity contribution is -0.697. The quantitative estimate of drug-likeness (QED) is 0.100. The molecular weight excluding hydrogens is 636 g/mol. The van der Waals surface area contributed by atoms with Crippen LogP contribution >= 0.6 is 23.5 Å². The summed E-state index contributed by atoms with van der Waals surface area (Å²) in [7, 11) is 0. The Hall–Kier alpha value is -0.0400. The molecule has 6 heteroatoms. The van der Waals surface area contributed by atoms with Crippen molar-refractivity contribution in [2.24, 2.45) is 0 Å². The fourth-order valence-electron chi connectivity index (χ4n) is 4.47. The number of hydrogen-bond donors (Lipinski definition) is 0. The minimum Gasteiger partial charge on any atom is -1.00 e. The van der Waals surface area contributed by atoms with E-state index in [4.69, 9.17) is 0 Å². The highest BCUT2D eigenvalue weighted by Crippen LogP contribution is 2.21. The summed E-state index contributed by atoms with van der Waals surface area (Å²) in [6.45, 7) is 6.90. The van der Waals surface area contributed by atoms with Gasteiger partial charge in [0.15, 0.2) is 24.8 Å². The lowest BCUT2D eigenvalue weighted by atomic mass is 10.1. The second kappa shape index (κ2) is 27.1. The van der Waals surface area contributed by atoms with E-state index in [0.29, 0.717) is 0 Å². The van der Waals surface area contributed by atoms with E-state index in [2.05, 4.69) is 72.0 Å². The van der Waals surface area contributed by atoms with Crippen LogP contribution in [-0.2, 0) is 13.1 Å². The molecule has 0 saturated heterocycles. The average Bonchev–Trinajstić information content (AvgIpc) is 2.91. The van der Waals surface area contributed by atoms with Crippen LogP contribution in [0.5, 0.6) is 0 Å². The first kappa shape index (κ1) is 38.0. The van der Waals surface area contributed by atoms with Crippen LogP contribution in [0.1, 0.15) is 117 Å². The van der Waals surface area contributed by atoms with Gasteiger partial charge in [0.25, 0.3) is 0 Å². The minimum absolute atomic E-state index is 0. The molecule has 2 rings (SSSR count). The van der Waals surface area contributed by atoms with Gasteiger partial charge in [-0.05, 0) is 37.2 Å². The maximum Gasteiger partial charge on any atom is 0.169 e. The van der Waals surface area contributed by atoms with E-state index in [-0.39, 0.29) is 34.0 Å². The zero-order valence-electron chi connectivity index (χ0n) is 24.2. The molecule has 38 heavy (non-hydrogen) atoms. The summed E-state index contributed by atoms with van der Waals surface area (Å²) in [5.74, 6) is 2.48. The third kappa shape index (κ3) is 19.9. The molecule has 2 nitrogen and oxygen atoms in total. The highest BCUT2D eigenvalue weighted by Gasteiger charge is 2.04. The van der Waals surface area contributed by atoms with E-state index in [1.807, 2.05) is 23.5 Å². The SMILES string of the molecule is CCCCCCCC[n+]1ccc(SCCCCCCSc2cc[n+](CCCCCCCC)cc2)cc1.[Br-].[Br-]. The highest BCUT2D eigenvalue weighted by molar-refractivity contribution is 7.99. The molecule has 0 atom stereocenters. The molecule has 0 radical (unpaired) electrons. The van der Waals surface area contributed by atoms with E-state index >= 15 is 0 Å². The summed E-state index contributed by atoms with van der Waals surface area (Å²) in [5.41, 5.74) is 0. The van der Waals surface area contributed by atoms with Gasteiger partial charge in [-0.2, -0.15) is 0 Å². The molecule has 0 fully saturated rings. The predicted octanol–water partition coefficient (Wildman–Crippen LogP) is 3.44. The van der Waals surface area contributed by atoms with Gasteiger partial charge < -0.3 is 34.0 Å². The molecule has 0 bridgehead atoms. The van der Waals surface area contributed by atoms with Crippen molar-refractivity contribution in [1.29, 1.82) is 0 Å². The van der Waals surface area contributed by atoms with E-state index < -0.39 is 0 Å². The van der Waals surface area contributed by atoms with Gasteiger partial charge in [0.1, 0.15) is 13.1 Å². The third-order valence-electron chi connectivity index (χ3n) is 6.84. The first-order valence-electron chi connectivity index (χ1n) is 15.1. The van der Waals surface area contributed by atoms with E-state index in [9.17, 15) is 0 Å². The number of aryl methyl sites for hydroxylation is 2. The number of nitrogens with zero attached hydrogens (tertiary/aromatic N) is 2. The van der Waals surface area contributed by atoms with E-state index in [1.54, 1.807) is 0 Å². The number of halogens is 2. The molecule has 0 aliphatic rings. The summed E-state index contributed by atoms with van der Waals surface area (Å²) < 4.78 is 4.70. The Kier molecular flexibility index (Phi) is 27.1. The summed E-state index contributed by atoms with van der Waals surface area (Å²) in [6.07, 6.45) is 30.8. The molecule has 0 N–H and O–H groups in total. The van der Waals surface area contributed by atoms with Crippen LogP contribution in [0, 0.1) is 0 Å². The van der Waals surface area contributed by atoms with Crippen LogP contribution in [0.25, 0.3) is 0 Å². The molecule has 2 aromatic heterocycles. The van der Waals surface area contributed by atoms with Gasteiger partial charge in [0.05, 0.1) is 0 Å². The van der Waals surface area contributed by atoms with Crippen molar-refractivity contribution in [3.05, 3.63) is 49.1 Å². The first-order chi connectivity index (χ1) is 17.8. The van der Waals surface area contributed by atoms with Crippen LogP contribution < -0.4 is 43.1 Å². The van der Waals surface area contributed by atoms with Crippen LogP contribution in [0.4, 0.5) is 0 Å². The number of rotatable bonds is 23. The zero-order chi connectivity index (χ0) is 25.5. The Balaban J connectivity index is 0.00000684. The standard InChI is InChI=1S/C32H54N2S2.2BrH/c1-3-5-7-9-11-15-23-33-25-19-31(20-26-33)35-29-17-13-14-18-30-36-32-21-27-34(28-22-32)24-16-12-10-8-6-4-2;;/h19-22,25-28H,3-18,23-24,29-30H2,1-2H3;2*1H/q+2;;/p-2. The number of thioether (sulfide) groups is 2. The number of pyridine rings is 2. The lowest BCUT2D eigenvalue weighted by Crippen LogP contribution is -3.00. The molecule has 0 saturated carbocycles. The predicted molar refractivity (Wildman–Crippen MR) is 160 cm³/mol. The Bertz CT molecular complexity index is 692. The second-order valence-corrected chi connectivity index (χ2v) is 12.5. The Morgan fingerprint density at radius 3 is 1.13 bits per heavy atom. The summed E-state index contributed by atoms with van der Waals surface area (Å²) in [5, 5.41) is 0. The highest BCUT2D eigenvalue weighted by atomic mass is 79.9. The van der Waals surface area contributed by atoms with Crippen LogP contribution in [0.15, 0.2) is 58.8 Å². The van der Waals surface area contributed by atoms with Crippen molar-refractivity contribution in [3.8, 4) is 0 Å². The van der Waals surface area contributed by atoms with Gasteiger partial charge >= 0.3 is 0 Å². The molecule has 0 unspecified atom stereocenters. The smallest absolute Gasteiger partial charge is 0.169 e. The van der Waals surface area contributed by atoms with Crippen molar-refractivity contribution in [3.63, 3.8) is 0 Å². The minimum atomic E-state index is 0. The van der Waals surface area contributed by atoms with Crippen molar-refractivity contribution in [2.45, 2.75) is 139 Å². The Morgan fingerprint density at radius 1 is 0.447 bits per heavy atom. The van der Waals surface area contributed by atoms with Crippen molar-refractivity contribution < 1.29 is 43.1 Å². The Morgan fingerprint density at radius 2 is 0.763 bits per heavy atom. The van der Waals surface area contributed by atoms with Gasteiger partial charge in [-0.25, -0.2) is 9.13 Å². The van der Waals surface area contributed by atoms with E-state index in [1.165, 1.54) is 124 Å². The van der Waals surface area contributed by atoms with Gasteiger partial charge in [0.2, 0.25) is 0 Å². The van der Waals surface area contributed by atoms with Gasteiger partial charge in [-0.15, -0.1) is 23.5 Å². The number of aromatic nitrogens is 2. The number of hydrogen-bond acceptors (Lipinski definition) is 2. The molecule has 0 aromatic carbocycles. The van der Waals surface area contributed by atoms with Crippen LogP contribution in [0.3, 0.4) is 0 Å². The molecule has 0 aliphatic heterocycles. The van der Waals surface area contributed by atoms with Crippen molar-refractivity contribution >= 4 is 23.5 Å². The molecule has 2 heterocycles. The maximum absolute atomic E-state index is 2.35. The summed E-state index contributed by atoms with van der Waals surface area (Å²) in [4.78, 5) is 2.84. The maximum atomic E-state index is 2.35. The molecule has 2 aromatic rings. The largest absolute Gasteiger partial charge is 1.00 e. The molecule has 0 spiro atoms. The van der Waals surface area contributed by atoms with Crippen LogP contribution in [0.2, 0.25) is 0 Å². The summed E-state index contributed by atoms with van der Waals surface area (Å²) in [6, 6.07) is 9.20. The van der Waals surface area contributed by atoms with Crippen LogP contribution in [-0.4, -0.2) is 11.5 Å². The lowest BCUT2D eigenvalue weighted by Gasteiger charge is -2.04. The normalized spacial score (nSPS) is 10.7. The summed E-state index contributed by atoms with van der Waals surface area (Å²) >= 11 is 4.04. The van der Waals surface area contributed by atoms with Gasteiger partial charge in [0, 0.05) is 46.9 Å². The van der Waals surface area contributed by atoms with Gasteiger partial charge in [-0.3, -0.25) is 0 Å². The third-order valence-corrected chi connectivity index (χ3v) is 9.03. The molecule has 0 amide bonds. The molecule has 0 aliphatic carbocycles. The van der Waals surface area contributed by atoms with Crippen molar-refractivity contribution in [2.75, 3.05) is 11.5 Å². The average molecular weight is 691 g/mol. The second-order valence-electron chi connectivity index (χ2n) is 10.2. The van der Waals surface area contributed by atoms with E-state index in [0.717, 1.165) is 13.1 Å². The zero-order valence-corrected chi connectivity index (χ0v) is 29.0. The fraction of sp³-hybridized carbons (Fsp3) is 0.688. The number of unbranched alkanes of at least 4 members (excludes halogenated alkanes) is 13. The molecular formula is C32H54Br2N2S2. The molecule has 218 valence electrons. The van der Waals surface area contributed by atoms with Gasteiger partial charge in [-0.1, -0.05) is 78.1 Å².